The first kappa shape index (κ1) is 15.0. The van der Waals surface area contributed by atoms with Gasteiger partial charge in [-0.15, -0.1) is 0 Å². The molecule has 3 saturated carbocycles. The van der Waals surface area contributed by atoms with Crippen LogP contribution in [0.2, 0.25) is 0 Å². The third-order valence-electron chi connectivity index (χ3n) is 6.79. The maximum absolute atomic E-state index is 6.45. The molecule has 1 aromatic heterocycles. The third kappa shape index (κ3) is 2.04. The van der Waals surface area contributed by atoms with E-state index in [1.807, 2.05) is 24.5 Å². The van der Waals surface area contributed by atoms with Crippen molar-refractivity contribution in [3.8, 4) is 0 Å². The fourth-order valence-corrected chi connectivity index (χ4v) is 5.10. The molecule has 5 atom stereocenters. The molecule has 6 rings (SSSR count). The maximum Gasteiger partial charge on any atom is 0.475 e. The van der Waals surface area contributed by atoms with Gasteiger partial charge in [-0.1, -0.05) is 32.0 Å². The maximum atomic E-state index is 6.45. The molecule has 5 heteroatoms. The molecular formula is C19H24BNO3. The predicted octanol–water partition coefficient (Wildman–Crippen LogP) is 3.18. The highest BCUT2D eigenvalue weighted by Crippen LogP contribution is 2.61. The summed E-state index contributed by atoms with van der Waals surface area (Å²) in [6, 6.07) is 8.07. The molecular weight excluding hydrogens is 301 g/mol. The van der Waals surface area contributed by atoms with Crippen molar-refractivity contribution >= 4 is 18.1 Å². The fourth-order valence-electron chi connectivity index (χ4n) is 5.10. The van der Waals surface area contributed by atoms with Gasteiger partial charge in [0.15, 0.2) is 0 Å². The summed E-state index contributed by atoms with van der Waals surface area (Å²) in [6.45, 7) is 4.74. The van der Waals surface area contributed by atoms with Gasteiger partial charge in [0.25, 0.3) is 0 Å². The summed E-state index contributed by atoms with van der Waals surface area (Å²) in [5.41, 5.74) is 8.88. The Morgan fingerprint density at radius 2 is 2.08 bits per heavy atom. The van der Waals surface area contributed by atoms with Crippen LogP contribution in [0.15, 0.2) is 34.9 Å². The summed E-state index contributed by atoms with van der Waals surface area (Å²) >= 11 is 0. The quantitative estimate of drug-likeness (QED) is 0.881. The van der Waals surface area contributed by atoms with Crippen molar-refractivity contribution in [2.45, 2.75) is 51.3 Å². The van der Waals surface area contributed by atoms with E-state index in [0.717, 1.165) is 28.9 Å². The molecule has 5 unspecified atom stereocenters. The van der Waals surface area contributed by atoms with Gasteiger partial charge in [0.2, 0.25) is 0 Å². The van der Waals surface area contributed by atoms with Crippen molar-refractivity contribution in [1.82, 2.24) is 0 Å². The zero-order chi connectivity index (χ0) is 16.5. The summed E-state index contributed by atoms with van der Waals surface area (Å²) in [5, 5.41) is 1.13. The summed E-state index contributed by atoms with van der Waals surface area (Å²) in [5.74, 6) is 1.23. The van der Waals surface area contributed by atoms with E-state index in [-0.39, 0.29) is 25.3 Å². The van der Waals surface area contributed by atoms with Crippen molar-refractivity contribution in [2.24, 2.45) is 23.0 Å². The van der Waals surface area contributed by atoms with Crippen molar-refractivity contribution < 1.29 is 13.7 Å². The SMILES string of the molecule is CC1(C)C2CC3OB(C(N)Cc4coc5ccccc45)OC3C1C2. The van der Waals surface area contributed by atoms with Crippen LogP contribution in [0.25, 0.3) is 11.0 Å². The van der Waals surface area contributed by atoms with E-state index in [1.165, 1.54) is 6.42 Å². The highest BCUT2D eigenvalue weighted by Gasteiger charge is 2.62. The molecule has 1 aliphatic heterocycles. The molecule has 4 nitrogen and oxygen atoms in total. The second-order valence-electron chi connectivity index (χ2n) is 8.36. The minimum Gasteiger partial charge on any atom is -0.464 e. The summed E-state index contributed by atoms with van der Waals surface area (Å²) in [4.78, 5) is 0. The van der Waals surface area contributed by atoms with Gasteiger partial charge in [0.1, 0.15) is 5.58 Å². The predicted molar refractivity (Wildman–Crippen MR) is 93.4 cm³/mol. The number of hydrogen-bond donors (Lipinski definition) is 1. The van der Waals surface area contributed by atoms with Crippen LogP contribution in [0.1, 0.15) is 32.3 Å². The van der Waals surface area contributed by atoms with Crippen LogP contribution in [0, 0.1) is 17.3 Å². The van der Waals surface area contributed by atoms with Crippen molar-refractivity contribution in [1.29, 1.82) is 0 Å². The minimum absolute atomic E-state index is 0.170. The molecule has 1 aromatic carbocycles. The van der Waals surface area contributed by atoms with Crippen LogP contribution in [0.3, 0.4) is 0 Å². The van der Waals surface area contributed by atoms with E-state index in [9.17, 15) is 0 Å². The van der Waals surface area contributed by atoms with Crippen LogP contribution in [0.4, 0.5) is 0 Å². The molecule has 0 amide bonds. The fraction of sp³-hybridized carbons (Fsp3) is 0.579. The smallest absolute Gasteiger partial charge is 0.464 e. The lowest BCUT2D eigenvalue weighted by Gasteiger charge is -2.60. The average molecular weight is 325 g/mol. The van der Waals surface area contributed by atoms with E-state index in [2.05, 4.69) is 19.9 Å². The van der Waals surface area contributed by atoms with Crippen LogP contribution in [-0.4, -0.2) is 25.3 Å². The van der Waals surface area contributed by atoms with Crippen molar-refractivity contribution in [3.05, 3.63) is 36.1 Å². The monoisotopic (exact) mass is 325 g/mol. The normalized spacial score (nSPS) is 34.9. The molecule has 0 spiro atoms. The molecule has 0 radical (unpaired) electrons. The Hall–Kier alpha value is -1.30. The zero-order valence-electron chi connectivity index (χ0n) is 14.3. The molecule has 2 aromatic rings. The van der Waals surface area contributed by atoms with Crippen LogP contribution >= 0.6 is 0 Å². The van der Waals surface area contributed by atoms with Gasteiger partial charge >= 0.3 is 7.12 Å². The second kappa shape index (κ2) is 5.10. The Morgan fingerprint density at radius 1 is 1.25 bits per heavy atom. The number of fused-ring (bicyclic) bond motifs is 1. The molecule has 2 N–H and O–H groups in total. The number of rotatable bonds is 3. The first-order valence-electron chi connectivity index (χ1n) is 9.05. The van der Waals surface area contributed by atoms with Crippen LogP contribution in [0.5, 0.6) is 0 Å². The van der Waals surface area contributed by atoms with Gasteiger partial charge in [-0.3, -0.25) is 0 Å². The molecule has 2 heterocycles. The van der Waals surface area contributed by atoms with Gasteiger partial charge in [-0.25, -0.2) is 0 Å². The Kier molecular flexibility index (Phi) is 3.19. The highest BCUT2D eigenvalue weighted by molar-refractivity contribution is 6.47. The number of para-hydroxylation sites is 1. The topological polar surface area (TPSA) is 57.6 Å². The van der Waals surface area contributed by atoms with Gasteiger partial charge in [-0.2, -0.15) is 0 Å². The molecule has 1 saturated heterocycles. The largest absolute Gasteiger partial charge is 0.475 e. The van der Waals surface area contributed by atoms with Crippen LogP contribution in [-0.2, 0) is 15.7 Å². The molecule has 4 aliphatic rings. The van der Waals surface area contributed by atoms with E-state index in [0.29, 0.717) is 17.8 Å². The number of furan rings is 1. The first-order valence-corrected chi connectivity index (χ1v) is 9.05. The van der Waals surface area contributed by atoms with Crippen molar-refractivity contribution in [3.63, 3.8) is 0 Å². The van der Waals surface area contributed by atoms with Gasteiger partial charge in [-0.05, 0) is 48.1 Å². The van der Waals surface area contributed by atoms with Gasteiger partial charge < -0.3 is 19.5 Å². The van der Waals surface area contributed by atoms with E-state index in [1.54, 1.807) is 0 Å². The number of benzene rings is 1. The molecule has 3 aliphatic carbocycles. The van der Waals surface area contributed by atoms with E-state index >= 15 is 0 Å². The second-order valence-corrected chi connectivity index (χ2v) is 8.36. The molecule has 2 bridgehead atoms. The highest BCUT2D eigenvalue weighted by atomic mass is 16.7. The third-order valence-corrected chi connectivity index (χ3v) is 6.79. The summed E-state index contributed by atoms with van der Waals surface area (Å²) in [7, 11) is -0.302. The molecule has 126 valence electrons. The molecule has 4 fully saturated rings. The lowest BCUT2D eigenvalue weighted by molar-refractivity contribution is -0.150. The summed E-state index contributed by atoms with van der Waals surface area (Å²) in [6.07, 6.45) is 5.38. The van der Waals surface area contributed by atoms with Crippen LogP contribution < -0.4 is 5.73 Å². The Labute approximate surface area is 142 Å². The van der Waals surface area contributed by atoms with E-state index in [4.69, 9.17) is 19.5 Å². The average Bonchev–Trinajstić information content (AvgIpc) is 3.18. The lowest BCUT2D eigenvalue weighted by Crippen LogP contribution is -2.59. The lowest BCUT2D eigenvalue weighted by atomic mass is 9.47. The number of nitrogens with two attached hydrogens (primary N) is 1. The Bertz CT molecular complexity index is 773. The standard InChI is InChI=1S/C19H24BNO3/c1-19(2)12-8-14(19)18-16(9-12)23-20(24-18)17(21)7-11-10-22-15-6-4-3-5-13(11)15/h3-6,10,12,14,16-18H,7-9,21H2,1-2H3. The first-order chi connectivity index (χ1) is 11.5. The van der Waals surface area contributed by atoms with Gasteiger partial charge in [0.05, 0.1) is 18.5 Å². The number of hydrogen-bond acceptors (Lipinski definition) is 4. The Morgan fingerprint density at radius 3 is 2.92 bits per heavy atom. The van der Waals surface area contributed by atoms with Crippen molar-refractivity contribution in [2.75, 3.05) is 0 Å². The Balaban J connectivity index is 1.31. The zero-order valence-corrected chi connectivity index (χ0v) is 14.3. The summed E-state index contributed by atoms with van der Waals surface area (Å²) < 4.78 is 18.1. The van der Waals surface area contributed by atoms with E-state index < -0.39 is 0 Å². The minimum atomic E-state index is -0.302. The molecule has 24 heavy (non-hydrogen) atoms. The van der Waals surface area contributed by atoms with Gasteiger partial charge in [0, 0.05) is 11.3 Å².